The van der Waals surface area contributed by atoms with Gasteiger partial charge in [-0.25, -0.2) is 4.98 Å². The molecule has 0 amide bonds. The van der Waals surface area contributed by atoms with Gasteiger partial charge >= 0.3 is 0 Å². The van der Waals surface area contributed by atoms with Crippen molar-refractivity contribution in [2.24, 2.45) is 0 Å². The van der Waals surface area contributed by atoms with E-state index in [1.54, 1.807) is 0 Å². The maximum atomic E-state index is 5.31. The molecule has 4 heteroatoms. The molecular weight excluding hydrogens is 633 g/mol. The molecule has 2 aliphatic carbocycles. The number of hydrogen-bond acceptors (Lipinski definition) is 3. The highest BCUT2D eigenvalue weighted by atomic mass is 15.2. The third-order valence-corrected chi connectivity index (χ3v) is 11.5. The summed E-state index contributed by atoms with van der Waals surface area (Å²) in [4.78, 5) is 15.7. The van der Waals surface area contributed by atoms with Crippen LogP contribution in [0.25, 0.3) is 72.4 Å². The summed E-state index contributed by atoms with van der Waals surface area (Å²) in [5.74, 6) is 1.94. The second kappa shape index (κ2) is 10.8. The third-order valence-electron chi connectivity index (χ3n) is 11.5. The molecule has 0 radical (unpaired) electrons. The van der Waals surface area contributed by atoms with E-state index in [4.69, 9.17) is 15.0 Å². The predicted molar refractivity (Wildman–Crippen MR) is 212 cm³/mol. The molecule has 0 fully saturated rings. The topological polar surface area (TPSA) is 43.6 Å². The molecule has 246 valence electrons. The van der Waals surface area contributed by atoms with Gasteiger partial charge in [-0.2, -0.15) is 9.97 Å². The second-order valence-corrected chi connectivity index (χ2v) is 14.8. The minimum absolute atomic E-state index is 0.273. The molecule has 0 atom stereocenters. The zero-order valence-electron chi connectivity index (χ0n) is 29.1. The molecule has 0 aliphatic heterocycles. The van der Waals surface area contributed by atoms with E-state index in [0.29, 0.717) is 17.6 Å². The average Bonchev–Trinajstić information content (AvgIpc) is 3.66. The van der Waals surface area contributed by atoms with Gasteiger partial charge in [0.15, 0.2) is 11.6 Å². The summed E-state index contributed by atoms with van der Waals surface area (Å²) >= 11 is 0. The van der Waals surface area contributed by atoms with Crippen molar-refractivity contribution in [2.75, 3.05) is 0 Å². The Labute approximate surface area is 302 Å². The maximum absolute atomic E-state index is 5.31. The van der Waals surface area contributed by atoms with Gasteiger partial charge in [0.1, 0.15) is 0 Å². The SMILES string of the molecule is CC1(C)c2ccccc2-c2c1c1c(c3cc4c(cc23)Cc2ccccc2C4)c2ccccc2n1-c1nc(-c2ccccc2)nc(-c2ccccc2)n1. The molecule has 0 unspecified atom stereocenters. The van der Waals surface area contributed by atoms with Crippen molar-refractivity contribution in [2.45, 2.75) is 32.1 Å². The quantitative estimate of drug-likeness (QED) is 0.188. The Morgan fingerprint density at radius 1 is 0.519 bits per heavy atom. The summed E-state index contributed by atoms with van der Waals surface area (Å²) in [6.07, 6.45) is 1.89. The summed E-state index contributed by atoms with van der Waals surface area (Å²) in [7, 11) is 0. The number of benzene rings is 7. The molecule has 0 bridgehead atoms. The Balaban J connectivity index is 1.31. The summed E-state index contributed by atoms with van der Waals surface area (Å²) in [5, 5.41) is 5.08. The smallest absolute Gasteiger partial charge is 0.238 e. The highest BCUT2D eigenvalue weighted by Crippen LogP contribution is 2.56. The van der Waals surface area contributed by atoms with Crippen LogP contribution >= 0.6 is 0 Å². The van der Waals surface area contributed by atoms with Gasteiger partial charge in [0.25, 0.3) is 0 Å². The third kappa shape index (κ3) is 4.12. The molecule has 0 spiro atoms. The summed E-state index contributed by atoms with van der Waals surface area (Å²) in [6.45, 7) is 4.77. The highest BCUT2D eigenvalue weighted by Gasteiger charge is 2.40. The van der Waals surface area contributed by atoms with Crippen LogP contribution in [0.4, 0.5) is 0 Å². The van der Waals surface area contributed by atoms with Gasteiger partial charge in [-0.3, -0.25) is 4.57 Å². The molecule has 11 rings (SSSR count). The van der Waals surface area contributed by atoms with Gasteiger partial charge in [0.05, 0.1) is 11.0 Å². The molecule has 2 heterocycles. The van der Waals surface area contributed by atoms with Crippen LogP contribution in [-0.4, -0.2) is 19.5 Å². The fourth-order valence-electron chi connectivity index (χ4n) is 9.12. The van der Waals surface area contributed by atoms with Crippen molar-refractivity contribution < 1.29 is 0 Å². The first-order chi connectivity index (χ1) is 25.5. The second-order valence-electron chi connectivity index (χ2n) is 14.8. The lowest BCUT2D eigenvalue weighted by Crippen LogP contribution is -2.17. The van der Waals surface area contributed by atoms with Crippen LogP contribution in [0, 0.1) is 0 Å². The van der Waals surface area contributed by atoms with Crippen LogP contribution in [0.15, 0.2) is 146 Å². The van der Waals surface area contributed by atoms with E-state index in [9.17, 15) is 0 Å². The number of rotatable bonds is 3. The molecule has 2 aliphatic rings. The first-order valence-electron chi connectivity index (χ1n) is 18.1. The monoisotopic (exact) mass is 666 g/mol. The van der Waals surface area contributed by atoms with Gasteiger partial charge < -0.3 is 0 Å². The van der Waals surface area contributed by atoms with Crippen molar-refractivity contribution in [1.82, 2.24) is 19.5 Å². The number of fused-ring (bicyclic) bond motifs is 12. The Kier molecular flexibility index (Phi) is 6.10. The molecule has 0 saturated carbocycles. The van der Waals surface area contributed by atoms with Crippen molar-refractivity contribution in [3.05, 3.63) is 179 Å². The fourth-order valence-corrected chi connectivity index (χ4v) is 9.12. The summed E-state index contributed by atoms with van der Waals surface area (Å²) in [5.41, 5.74) is 14.9. The Morgan fingerprint density at radius 2 is 1.08 bits per heavy atom. The lowest BCUT2D eigenvalue weighted by molar-refractivity contribution is 0.663. The van der Waals surface area contributed by atoms with E-state index in [1.807, 2.05) is 36.4 Å². The highest BCUT2D eigenvalue weighted by molar-refractivity contribution is 6.27. The van der Waals surface area contributed by atoms with E-state index in [1.165, 1.54) is 71.6 Å². The molecule has 0 N–H and O–H groups in total. The van der Waals surface area contributed by atoms with E-state index < -0.39 is 0 Å². The molecule has 7 aromatic carbocycles. The van der Waals surface area contributed by atoms with Crippen molar-refractivity contribution in [1.29, 1.82) is 0 Å². The average molecular weight is 667 g/mol. The van der Waals surface area contributed by atoms with Crippen LogP contribution in [0.3, 0.4) is 0 Å². The van der Waals surface area contributed by atoms with Gasteiger partial charge in [-0.15, -0.1) is 0 Å². The lowest BCUT2D eigenvalue weighted by atomic mass is 9.79. The number of nitrogens with zero attached hydrogens (tertiary/aromatic N) is 4. The minimum atomic E-state index is -0.273. The Bertz CT molecular complexity index is 2860. The Morgan fingerprint density at radius 3 is 1.75 bits per heavy atom. The Hall–Kier alpha value is -6.39. The van der Waals surface area contributed by atoms with Crippen LogP contribution in [0.1, 0.15) is 47.2 Å². The van der Waals surface area contributed by atoms with E-state index in [0.717, 1.165) is 29.5 Å². The van der Waals surface area contributed by atoms with Gasteiger partial charge in [-0.1, -0.05) is 141 Å². The van der Waals surface area contributed by atoms with E-state index in [-0.39, 0.29) is 5.41 Å². The molecule has 0 saturated heterocycles. The first kappa shape index (κ1) is 29.4. The van der Waals surface area contributed by atoms with Crippen LogP contribution in [-0.2, 0) is 18.3 Å². The number of aromatic nitrogens is 4. The van der Waals surface area contributed by atoms with Gasteiger partial charge in [0, 0.05) is 27.3 Å². The zero-order chi connectivity index (χ0) is 34.6. The van der Waals surface area contributed by atoms with E-state index >= 15 is 0 Å². The van der Waals surface area contributed by atoms with Crippen LogP contribution in [0.2, 0.25) is 0 Å². The molecule has 52 heavy (non-hydrogen) atoms. The largest absolute Gasteiger partial charge is 0.277 e. The van der Waals surface area contributed by atoms with E-state index in [2.05, 4.69) is 128 Å². The number of para-hydroxylation sites is 1. The van der Waals surface area contributed by atoms with Crippen molar-refractivity contribution >= 4 is 32.6 Å². The molecule has 2 aromatic heterocycles. The van der Waals surface area contributed by atoms with Crippen LogP contribution in [0.5, 0.6) is 0 Å². The number of hydrogen-bond donors (Lipinski definition) is 0. The lowest BCUT2D eigenvalue weighted by Gasteiger charge is -2.25. The fraction of sp³-hybridized carbons (Fsp3) is 0.104. The van der Waals surface area contributed by atoms with Gasteiger partial charge in [0.2, 0.25) is 5.95 Å². The van der Waals surface area contributed by atoms with Crippen molar-refractivity contribution in [3.63, 3.8) is 0 Å². The van der Waals surface area contributed by atoms with Crippen molar-refractivity contribution in [3.8, 4) is 39.9 Å². The zero-order valence-corrected chi connectivity index (χ0v) is 29.1. The van der Waals surface area contributed by atoms with Crippen LogP contribution < -0.4 is 0 Å². The molecule has 4 nitrogen and oxygen atoms in total. The predicted octanol–water partition coefficient (Wildman–Crippen LogP) is 11.3. The standard InChI is InChI=1S/C48H34N4/c1-48(2)39-23-13-11-21-35(39)41-37-27-33-25-31-19-9-10-20-32(31)26-34(33)28-38(37)42-36-22-12-14-24-40(36)52(44(42)43(41)48)47-50-45(29-15-5-3-6-16-29)49-46(51-47)30-17-7-4-8-18-30/h3-24,27-28H,25-26H2,1-2H3. The molecular formula is C48H34N4. The normalized spacial score (nSPS) is 14.0. The summed E-state index contributed by atoms with van der Waals surface area (Å²) in [6, 6.07) is 52.3. The van der Waals surface area contributed by atoms with Gasteiger partial charge in [-0.05, 0) is 86.3 Å². The summed E-state index contributed by atoms with van der Waals surface area (Å²) < 4.78 is 2.34. The molecule has 9 aromatic rings. The first-order valence-corrected chi connectivity index (χ1v) is 18.1. The maximum Gasteiger partial charge on any atom is 0.238 e. The minimum Gasteiger partial charge on any atom is -0.277 e.